The zero-order valence-electron chi connectivity index (χ0n) is 14.2. The molecule has 0 radical (unpaired) electrons. The van der Waals surface area contributed by atoms with Crippen molar-refractivity contribution in [2.75, 3.05) is 5.32 Å². The molecule has 1 fully saturated rings. The first-order chi connectivity index (χ1) is 11.3. The van der Waals surface area contributed by atoms with E-state index >= 15 is 0 Å². The van der Waals surface area contributed by atoms with Gasteiger partial charge in [-0.2, -0.15) is 0 Å². The molecule has 1 spiro atoms. The summed E-state index contributed by atoms with van der Waals surface area (Å²) in [5, 5.41) is 3.47. The van der Waals surface area contributed by atoms with E-state index in [2.05, 4.69) is 12.2 Å². The van der Waals surface area contributed by atoms with Gasteiger partial charge in [-0.05, 0) is 63.1 Å². The number of esters is 1. The van der Waals surface area contributed by atoms with E-state index in [1.807, 2.05) is 19.1 Å². The number of nitrogens with one attached hydrogen (secondary N) is 1. The molecule has 1 heterocycles. The molecule has 5 heteroatoms. The van der Waals surface area contributed by atoms with Crippen molar-refractivity contribution in [3.05, 3.63) is 39.9 Å². The molecular weight excluding hydrogens is 326 g/mol. The van der Waals surface area contributed by atoms with Gasteiger partial charge in [0.1, 0.15) is 5.60 Å². The van der Waals surface area contributed by atoms with Gasteiger partial charge in [-0.1, -0.05) is 24.6 Å². The Hall–Kier alpha value is -1.81. The van der Waals surface area contributed by atoms with Crippen LogP contribution in [0.5, 0.6) is 0 Å². The number of aryl methyl sites for hydroxylation is 1. The number of amides is 1. The molecule has 1 aliphatic carbocycles. The van der Waals surface area contributed by atoms with E-state index in [1.165, 1.54) is 0 Å². The summed E-state index contributed by atoms with van der Waals surface area (Å²) in [7, 11) is 0. The molecule has 24 heavy (non-hydrogen) atoms. The smallest absolute Gasteiger partial charge is 0.335 e. The molecule has 0 atom stereocenters. The number of anilines is 1. The monoisotopic (exact) mass is 347 g/mol. The second-order valence-corrected chi connectivity index (χ2v) is 7.39. The van der Waals surface area contributed by atoms with Gasteiger partial charge in [0.15, 0.2) is 0 Å². The second kappa shape index (κ2) is 6.25. The number of carbonyl (C=O) groups excluding carboxylic acids is 2. The molecule has 3 rings (SSSR count). The van der Waals surface area contributed by atoms with Crippen molar-refractivity contribution in [3.63, 3.8) is 0 Å². The molecule has 4 nitrogen and oxygen atoms in total. The van der Waals surface area contributed by atoms with Gasteiger partial charge in [-0.3, -0.25) is 4.79 Å². The number of carbonyl (C=O) groups is 2. The highest BCUT2D eigenvalue weighted by molar-refractivity contribution is 6.31. The first-order valence-corrected chi connectivity index (χ1v) is 8.72. The normalized spacial score (nSPS) is 26.7. The quantitative estimate of drug-likeness (QED) is 0.806. The maximum atomic E-state index is 12.9. The molecule has 1 amide bonds. The van der Waals surface area contributed by atoms with Gasteiger partial charge in [0, 0.05) is 16.3 Å². The number of rotatable bonds is 2. The van der Waals surface area contributed by atoms with Crippen LogP contribution in [-0.2, 0) is 14.3 Å². The van der Waals surface area contributed by atoms with Crippen LogP contribution in [0.15, 0.2) is 29.3 Å². The molecular formula is C19H22ClNO3. The van der Waals surface area contributed by atoms with Crippen molar-refractivity contribution in [2.24, 2.45) is 5.92 Å². The van der Waals surface area contributed by atoms with Gasteiger partial charge >= 0.3 is 5.97 Å². The van der Waals surface area contributed by atoms with Crippen LogP contribution in [0.3, 0.4) is 0 Å². The Balaban J connectivity index is 1.88. The lowest BCUT2D eigenvalue weighted by Crippen LogP contribution is -2.40. The molecule has 0 unspecified atom stereocenters. The predicted molar refractivity (Wildman–Crippen MR) is 94.0 cm³/mol. The molecule has 128 valence electrons. The molecule has 0 saturated heterocycles. The zero-order chi connectivity index (χ0) is 17.5. The van der Waals surface area contributed by atoms with Crippen molar-refractivity contribution in [1.29, 1.82) is 0 Å². The molecule has 1 aromatic rings. The van der Waals surface area contributed by atoms with E-state index < -0.39 is 5.60 Å². The lowest BCUT2D eigenvalue weighted by atomic mass is 9.75. The summed E-state index contributed by atoms with van der Waals surface area (Å²) in [5.74, 6) is -0.0556. The first-order valence-electron chi connectivity index (χ1n) is 8.34. The van der Waals surface area contributed by atoms with E-state index in [9.17, 15) is 9.59 Å². The Labute approximate surface area is 147 Å². The summed E-state index contributed by atoms with van der Waals surface area (Å²) in [5.41, 5.74) is 1.71. The summed E-state index contributed by atoms with van der Waals surface area (Å²) in [4.78, 5) is 25.0. The fourth-order valence-corrected chi connectivity index (χ4v) is 3.75. The van der Waals surface area contributed by atoms with Crippen LogP contribution in [0.2, 0.25) is 5.02 Å². The predicted octanol–water partition coefficient (Wildman–Crippen LogP) is 4.41. The largest absolute Gasteiger partial charge is 0.451 e. The average Bonchev–Trinajstić information content (AvgIpc) is 2.77. The highest BCUT2D eigenvalue weighted by Crippen LogP contribution is 2.45. The summed E-state index contributed by atoms with van der Waals surface area (Å²) in [6.45, 7) is 5.77. The lowest BCUT2D eigenvalue weighted by molar-refractivity contribution is -0.150. The Morgan fingerprint density at radius 3 is 2.58 bits per heavy atom. The maximum Gasteiger partial charge on any atom is 0.335 e. The van der Waals surface area contributed by atoms with Gasteiger partial charge in [0.05, 0.1) is 5.57 Å². The van der Waals surface area contributed by atoms with Gasteiger partial charge < -0.3 is 10.1 Å². The third-order valence-electron chi connectivity index (χ3n) is 5.16. The molecule has 1 aliphatic heterocycles. The molecule has 0 bridgehead atoms. The Morgan fingerprint density at radius 2 is 1.96 bits per heavy atom. The highest BCUT2D eigenvalue weighted by atomic mass is 35.5. The van der Waals surface area contributed by atoms with Gasteiger partial charge in [-0.15, -0.1) is 0 Å². The molecule has 1 N–H and O–H groups in total. The summed E-state index contributed by atoms with van der Waals surface area (Å²) in [6.07, 6.45) is 3.31. The third-order valence-corrected chi connectivity index (χ3v) is 5.57. The van der Waals surface area contributed by atoms with Crippen LogP contribution in [0.25, 0.3) is 0 Å². The third kappa shape index (κ3) is 2.95. The van der Waals surface area contributed by atoms with E-state index in [-0.39, 0.29) is 11.9 Å². The minimum absolute atomic E-state index is 0.271. The minimum Gasteiger partial charge on any atom is -0.451 e. The van der Waals surface area contributed by atoms with Crippen LogP contribution in [0, 0.1) is 12.8 Å². The highest BCUT2D eigenvalue weighted by Gasteiger charge is 2.50. The summed E-state index contributed by atoms with van der Waals surface area (Å²) in [6, 6.07) is 5.38. The van der Waals surface area contributed by atoms with Crippen LogP contribution in [0.4, 0.5) is 5.69 Å². The van der Waals surface area contributed by atoms with Crippen molar-refractivity contribution in [1.82, 2.24) is 0 Å². The fourth-order valence-electron chi connectivity index (χ4n) is 3.57. The van der Waals surface area contributed by atoms with E-state index in [0.29, 0.717) is 40.6 Å². The van der Waals surface area contributed by atoms with E-state index in [0.717, 1.165) is 18.4 Å². The number of ether oxygens (including phenoxy) is 1. The second-order valence-electron chi connectivity index (χ2n) is 6.98. The van der Waals surface area contributed by atoms with Crippen LogP contribution >= 0.6 is 11.6 Å². The number of hydrogen-bond acceptors (Lipinski definition) is 3. The number of halogens is 1. The van der Waals surface area contributed by atoms with Crippen LogP contribution < -0.4 is 5.32 Å². The van der Waals surface area contributed by atoms with E-state index in [1.54, 1.807) is 13.0 Å². The number of hydrogen-bond donors (Lipinski definition) is 1. The number of benzene rings is 1. The van der Waals surface area contributed by atoms with Gasteiger partial charge in [-0.25, -0.2) is 4.79 Å². The fraction of sp³-hybridized carbons (Fsp3) is 0.474. The SMILES string of the molecule is CC1=C(C(=O)Nc2ccc(C)c(Cl)c2)C2(CCC(C)CC2)OC1=O. The van der Waals surface area contributed by atoms with Crippen molar-refractivity contribution < 1.29 is 14.3 Å². The first kappa shape index (κ1) is 17.0. The standard InChI is InChI=1S/C19H22ClNO3/c1-11-6-8-19(9-7-11)16(13(3)18(23)24-19)17(22)21-14-5-4-12(2)15(20)10-14/h4-5,10-11H,6-9H2,1-3H3,(H,21,22). The van der Waals surface area contributed by atoms with Gasteiger partial charge in [0.2, 0.25) is 0 Å². The molecule has 1 aromatic carbocycles. The van der Waals surface area contributed by atoms with Gasteiger partial charge in [0.25, 0.3) is 5.91 Å². The van der Waals surface area contributed by atoms with Crippen LogP contribution in [0.1, 0.15) is 45.1 Å². The summed E-state index contributed by atoms with van der Waals surface area (Å²) < 4.78 is 5.66. The Kier molecular flexibility index (Phi) is 4.43. The van der Waals surface area contributed by atoms with Crippen molar-refractivity contribution in [2.45, 2.75) is 52.1 Å². The lowest BCUT2D eigenvalue weighted by Gasteiger charge is -2.36. The van der Waals surface area contributed by atoms with Crippen LogP contribution in [-0.4, -0.2) is 17.5 Å². The molecule has 2 aliphatic rings. The van der Waals surface area contributed by atoms with Crippen molar-refractivity contribution >= 4 is 29.2 Å². The van der Waals surface area contributed by atoms with E-state index in [4.69, 9.17) is 16.3 Å². The summed E-state index contributed by atoms with van der Waals surface area (Å²) >= 11 is 6.12. The zero-order valence-corrected chi connectivity index (χ0v) is 15.0. The Morgan fingerprint density at radius 1 is 1.29 bits per heavy atom. The molecule has 0 aromatic heterocycles. The Bertz CT molecular complexity index is 730. The minimum atomic E-state index is -0.758. The average molecular weight is 348 g/mol. The van der Waals surface area contributed by atoms with Crippen molar-refractivity contribution in [3.8, 4) is 0 Å². The maximum absolute atomic E-state index is 12.9. The topological polar surface area (TPSA) is 55.4 Å². The molecule has 1 saturated carbocycles.